The molecule has 2 heterocycles. The standard InChI is InChI=1S/C25H32N2O4S2/c1-24(2,3)20-7-11-22(12-8-20)33(29,30)26-15-13-25(14-16-26)27(17-18-32-25)23(28)19-5-9-21(31-4)10-6-19/h5-12H,13-18H2,1-4H3. The number of hydrogen-bond acceptors (Lipinski definition) is 5. The van der Waals surface area contributed by atoms with E-state index in [0.29, 0.717) is 48.7 Å². The molecule has 33 heavy (non-hydrogen) atoms. The maximum atomic E-state index is 13.3. The van der Waals surface area contributed by atoms with Gasteiger partial charge < -0.3 is 9.64 Å². The maximum Gasteiger partial charge on any atom is 0.255 e. The van der Waals surface area contributed by atoms with Crippen LogP contribution in [0.15, 0.2) is 53.4 Å². The fraction of sp³-hybridized carbons (Fsp3) is 0.480. The van der Waals surface area contributed by atoms with E-state index in [9.17, 15) is 13.2 Å². The molecule has 1 spiro atoms. The Morgan fingerprint density at radius 2 is 1.58 bits per heavy atom. The molecule has 4 rings (SSSR count). The van der Waals surface area contributed by atoms with E-state index in [4.69, 9.17) is 4.74 Å². The molecule has 2 aliphatic heterocycles. The zero-order chi connectivity index (χ0) is 23.9. The highest BCUT2D eigenvalue weighted by atomic mass is 32.2. The quantitative estimate of drug-likeness (QED) is 0.640. The third-order valence-electron chi connectivity index (χ3n) is 6.62. The number of ether oxygens (including phenoxy) is 1. The monoisotopic (exact) mass is 488 g/mol. The SMILES string of the molecule is COc1ccc(C(=O)N2CCSC23CCN(S(=O)(=O)c2ccc(C(C)(C)C)cc2)CC3)cc1. The lowest BCUT2D eigenvalue weighted by atomic mass is 9.87. The lowest BCUT2D eigenvalue weighted by Gasteiger charge is -2.43. The third-order valence-corrected chi connectivity index (χ3v) is 10.1. The second kappa shape index (κ2) is 8.96. The first-order chi connectivity index (χ1) is 15.6. The molecule has 6 nitrogen and oxygen atoms in total. The van der Waals surface area contributed by atoms with Crippen LogP contribution in [0.3, 0.4) is 0 Å². The van der Waals surface area contributed by atoms with Crippen molar-refractivity contribution in [2.45, 2.75) is 48.8 Å². The Kier molecular flexibility index (Phi) is 6.55. The highest BCUT2D eigenvalue weighted by molar-refractivity contribution is 8.00. The van der Waals surface area contributed by atoms with Crippen molar-refractivity contribution in [3.05, 3.63) is 59.7 Å². The number of nitrogens with zero attached hydrogens (tertiary/aromatic N) is 2. The minimum absolute atomic E-state index is 0.00303. The van der Waals surface area contributed by atoms with Gasteiger partial charge in [0.2, 0.25) is 10.0 Å². The Labute approximate surface area is 201 Å². The molecule has 0 atom stereocenters. The predicted molar refractivity (Wildman–Crippen MR) is 132 cm³/mol. The van der Waals surface area contributed by atoms with E-state index in [-0.39, 0.29) is 16.2 Å². The lowest BCUT2D eigenvalue weighted by molar-refractivity contribution is 0.0605. The number of piperidine rings is 1. The van der Waals surface area contributed by atoms with Gasteiger partial charge >= 0.3 is 0 Å². The summed E-state index contributed by atoms with van der Waals surface area (Å²) in [5.74, 6) is 1.57. The number of benzene rings is 2. The molecule has 8 heteroatoms. The molecule has 2 aromatic rings. The molecular weight excluding hydrogens is 456 g/mol. The Morgan fingerprint density at radius 3 is 2.12 bits per heavy atom. The topological polar surface area (TPSA) is 66.9 Å². The van der Waals surface area contributed by atoms with E-state index >= 15 is 0 Å². The number of carbonyl (C=O) groups is 1. The molecule has 0 N–H and O–H groups in total. The van der Waals surface area contributed by atoms with Crippen LogP contribution < -0.4 is 4.74 Å². The Bertz CT molecular complexity index is 1100. The second-order valence-corrected chi connectivity index (χ2v) is 13.1. The molecule has 0 unspecified atom stereocenters. The van der Waals surface area contributed by atoms with Gasteiger partial charge in [0.15, 0.2) is 0 Å². The van der Waals surface area contributed by atoms with Crippen molar-refractivity contribution in [1.29, 1.82) is 0 Å². The fourth-order valence-electron chi connectivity index (χ4n) is 4.55. The predicted octanol–water partition coefficient (Wildman–Crippen LogP) is 4.36. The van der Waals surface area contributed by atoms with Crippen molar-refractivity contribution in [2.24, 2.45) is 0 Å². The van der Waals surface area contributed by atoms with Crippen molar-refractivity contribution in [1.82, 2.24) is 9.21 Å². The Hall–Kier alpha value is -2.03. The van der Waals surface area contributed by atoms with Crippen molar-refractivity contribution >= 4 is 27.7 Å². The molecule has 0 aromatic heterocycles. The van der Waals surface area contributed by atoms with E-state index < -0.39 is 10.0 Å². The molecule has 0 aliphatic carbocycles. The van der Waals surface area contributed by atoms with E-state index in [1.165, 1.54) is 0 Å². The minimum Gasteiger partial charge on any atom is -0.497 e. The summed E-state index contributed by atoms with van der Waals surface area (Å²) in [6, 6.07) is 14.4. The van der Waals surface area contributed by atoms with Gasteiger partial charge in [-0.3, -0.25) is 4.79 Å². The summed E-state index contributed by atoms with van der Waals surface area (Å²) in [6.45, 7) is 7.82. The van der Waals surface area contributed by atoms with Crippen molar-refractivity contribution in [2.75, 3.05) is 32.5 Å². The number of carbonyl (C=O) groups excluding carboxylic acids is 1. The Morgan fingerprint density at radius 1 is 0.970 bits per heavy atom. The summed E-state index contributed by atoms with van der Waals surface area (Å²) < 4.78 is 33.3. The maximum absolute atomic E-state index is 13.3. The summed E-state index contributed by atoms with van der Waals surface area (Å²) in [5, 5.41) is 0. The van der Waals surface area contributed by atoms with Crippen LogP contribution in [0.1, 0.15) is 49.5 Å². The normalized spacial score (nSPS) is 19.1. The van der Waals surface area contributed by atoms with Crippen LogP contribution in [0.25, 0.3) is 0 Å². The van der Waals surface area contributed by atoms with Crippen LogP contribution in [0.2, 0.25) is 0 Å². The summed E-state index contributed by atoms with van der Waals surface area (Å²) in [5.41, 5.74) is 1.71. The average molecular weight is 489 g/mol. The first-order valence-electron chi connectivity index (χ1n) is 11.3. The van der Waals surface area contributed by atoms with E-state index in [1.807, 2.05) is 17.0 Å². The molecule has 2 fully saturated rings. The van der Waals surface area contributed by atoms with Gasteiger partial charge in [0.05, 0.1) is 16.9 Å². The number of amides is 1. The van der Waals surface area contributed by atoms with Gasteiger partial charge in [-0.15, -0.1) is 11.8 Å². The van der Waals surface area contributed by atoms with Crippen molar-refractivity contribution in [3.63, 3.8) is 0 Å². The number of thioether (sulfide) groups is 1. The zero-order valence-corrected chi connectivity index (χ0v) is 21.3. The molecule has 0 saturated carbocycles. The van der Waals surface area contributed by atoms with Crippen LogP contribution in [0.5, 0.6) is 5.75 Å². The average Bonchev–Trinajstić information content (AvgIpc) is 3.21. The lowest BCUT2D eigenvalue weighted by Crippen LogP contribution is -2.53. The minimum atomic E-state index is -3.56. The summed E-state index contributed by atoms with van der Waals surface area (Å²) >= 11 is 1.78. The third kappa shape index (κ3) is 4.66. The zero-order valence-electron chi connectivity index (χ0n) is 19.7. The van der Waals surface area contributed by atoms with Crippen LogP contribution in [0.4, 0.5) is 0 Å². The number of methoxy groups -OCH3 is 1. The van der Waals surface area contributed by atoms with E-state index in [1.54, 1.807) is 59.6 Å². The fourth-order valence-corrected chi connectivity index (χ4v) is 7.45. The van der Waals surface area contributed by atoms with E-state index in [0.717, 1.165) is 11.3 Å². The molecule has 0 radical (unpaired) electrons. The van der Waals surface area contributed by atoms with Crippen molar-refractivity contribution < 1.29 is 17.9 Å². The second-order valence-electron chi connectivity index (χ2n) is 9.66. The van der Waals surface area contributed by atoms with Crippen LogP contribution in [-0.4, -0.2) is 60.9 Å². The van der Waals surface area contributed by atoms with Crippen molar-refractivity contribution in [3.8, 4) is 5.75 Å². The van der Waals surface area contributed by atoms with Gasteiger partial charge in [-0.2, -0.15) is 4.31 Å². The van der Waals surface area contributed by atoms with Gasteiger partial charge in [-0.1, -0.05) is 32.9 Å². The van der Waals surface area contributed by atoms with Crippen LogP contribution >= 0.6 is 11.8 Å². The highest BCUT2D eigenvalue weighted by Crippen LogP contribution is 2.45. The largest absolute Gasteiger partial charge is 0.497 e. The van der Waals surface area contributed by atoms with Gasteiger partial charge in [0.1, 0.15) is 5.75 Å². The number of rotatable bonds is 4. The molecular formula is C25H32N2O4S2. The summed E-state index contributed by atoms with van der Waals surface area (Å²) in [7, 11) is -1.96. The number of hydrogen-bond donors (Lipinski definition) is 0. The Balaban J connectivity index is 1.48. The van der Waals surface area contributed by atoms with Crippen LogP contribution in [0, 0.1) is 0 Å². The van der Waals surface area contributed by atoms with Gasteiger partial charge in [-0.05, 0) is 60.2 Å². The number of sulfonamides is 1. The van der Waals surface area contributed by atoms with E-state index in [2.05, 4.69) is 20.8 Å². The van der Waals surface area contributed by atoms with Crippen LogP contribution in [-0.2, 0) is 15.4 Å². The molecule has 1 amide bonds. The molecule has 2 aliphatic rings. The first-order valence-corrected chi connectivity index (χ1v) is 13.7. The molecule has 2 aromatic carbocycles. The van der Waals surface area contributed by atoms with Gasteiger partial charge in [0.25, 0.3) is 5.91 Å². The molecule has 178 valence electrons. The highest BCUT2D eigenvalue weighted by Gasteiger charge is 2.48. The van der Waals surface area contributed by atoms with Gasteiger partial charge in [0, 0.05) is 31.0 Å². The smallest absolute Gasteiger partial charge is 0.255 e. The summed E-state index contributed by atoms with van der Waals surface area (Å²) in [4.78, 5) is 15.2. The van der Waals surface area contributed by atoms with Gasteiger partial charge in [-0.25, -0.2) is 8.42 Å². The first kappa shape index (κ1) is 24.1. The molecule has 0 bridgehead atoms. The molecule has 2 saturated heterocycles. The summed E-state index contributed by atoms with van der Waals surface area (Å²) in [6.07, 6.45) is 1.25.